The van der Waals surface area contributed by atoms with Gasteiger partial charge in [-0.15, -0.1) is 0 Å². The van der Waals surface area contributed by atoms with E-state index in [1.165, 1.54) is 6.07 Å². The van der Waals surface area contributed by atoms with E-state index in [2.05, 4.69) is 14.5 Å². The summed E-state index contributed by atoms with van der Waals surface area (Å²) in [6, 6.07) is 14.7. The van der Waals surface area contributed by atoms with Gasteiger partial charge in [0.1, 0.15) is 0 Å². The van der Waals surface area contributed by atoms with E-state index < -0.39 is 11.7 Å². The van der Waals surface area contributed by atoms with Crippen molar-refractivity contribution in [2.24, 2.45) is 4.99 Å². The number of hydrogen-bond acceptors (Lipinski definition) is 3. The van der Waals surface area contributed by atoms with Crippen molar-refractivity contribution < 1.29 is 13.2 Å². The molecule has 0 saturated carbocycles. The van der Waals surface area contributed by atoms with Crippen LogP contribution in [0.3, 0.4) is 0 Å². The molecule has 1 aliphatic rings. The van der Waals surface area contributed by atoms with Crippen LogP contribution in [0.25, 0.3) is 11.3 Å². The normalized spacial score (nSPS) is 14.1. The first kappa shape index (κ1) is 16.9. The van der Waals surface area contributed by atoms with Gasteiger partial charge in [0.05, 0.1) is 28.9 Å². The van der Waals surface area contributed by atoms with Crippen LogP contribution in [0.15, 0.2) is 64.7 Å². The summed E-state index contributed by atoms with van der Waals surface area (Å²) >= 11 is 1.67. The van der Waals surface area contributed by atoms with Crippen molar-refractivity contribution in [2.75, 3.05) is 5.75 Å². The molecule has 1 aliphatic heterocycles. The van der Waals surface area contributed by atoms with Gasteiger partial charge in [-0.3, -0.25) is 4.99 Å². The Hall–Kier alpha value is -2.54. The Morgan fingerprint density at radius 2 is 1.88 bits per heavy atom. The summed E-state index contributed by atoms with van der Waals surface area (Å²) in [4.78, 5) is 8.98. The first-order valence-corrected chi connectivity index (χ1v) is 9.01. The van der Waals surface area contributed by atoms with Crippen molar-refractivity contribution in [3.8, 4) is 11.3 Å². The van der Waals surface area contributed by atoms with Gasteiger partial charge in [-0.05, 0) is 18.2 Å². The van der Waals surface area contributed by atoms with Crippen molar-refractivity contribution in [2.45, 2.75) is 17.9 Å². The highest BCUT2D eigenvalue weighted by Crippen LogP contribution is 2.34. The van der Waals surface area contributed by atoms with E-state index in [1.54, 1.807) is 24.0 Å². The fraction of sp³-hybridized carbons (Fsp3) is 0.158. The summed E-state index contributed by atoms with van der Waals surface area (Å²) in [5, 5.41) is 0.911. The number of thioether (sulfide) groups is 1. The Morgan fingerprint density at radius 3 is 2.65 bits per heavy atom. The number of fused-ring (bicyclic) bond motifs is 1. The van der Waals surface area contributed by atoms with Gasteiger partial charge in [-0.2, -0.15) is 13.2 Å². The molecule has 0 atom stereocenters. The van der Waals surface area contributed by atoms with E-state index in [1.807, 2.05) is 30.3 Å². The number of rotatable bonds is 3. The first-order valence-electron chi connectivity index (χ1n) is 8.02. The number of aromatic nitrogens is 2. The summed E-state index contributed by atoms with van der Waals surface area (Å²) in [7, 11) is 0. The first-order chi connectivity index (χ1) is 12.5. The lowest BCUT2D eigenvalue weighted by molar-refractivity contribution is -0.137. The number of halogens is 3. The number of hydrogen-bond donors (Lipinski definition) is 0. The fourth-order valence-electron chi connectivity index (χ4n) is 2.84. The molecule has 0 unspecified atom stereocenters. The monoisotopic (exact) mass is 373 g/mol. The van der Waals surface area contributed by atoms with Crippen LogP contribution in [0.5, 0.6) is 0 Å². The molecule has 0 amide bonds. The second kappa shape index (κ2) is 6.64. The maximum Gasteiger partial charge on any atom is 0.416 e. The summed E-state index contributed by atoms with van der Waals surface area (Å²) in [5.74, 6) is 0.932. The van der Waals surface area contributed by atoms with Crippen molar-refractivity contribution in [3.05, 3.63) is 65.9 Å². The van der Waals surface area contributed by atoms with Crippen LogP contribution in [0.2, 0.25) is 0 Å². The predicted molar refractivity (Wildman–Crippen MR) is 97.1 cm³/mol. The zero-order valence-corrected chi connectivity index (χ0v) is 14.4. The third-order valence-electron chi connectivity index (χ3n) is 4.07. The van der Waals surface area contributed by atoms with Gasteiger partial charge in [-0.25, -0.2) is 4.98 Å². The SMILES string of the molecule is FC(F)(F)c1cccc(N=Cc2c(-c3ccccc3)nc3n2CCS3)c1. The van der Waals surface area contributed by atoms with Gasteiger partial charge in [0.15, 0.2) is 5.16 Å². The molecule has 0 N–H and O–H groups in total. The zero-order chi connectivity index (χ0) is 18.1. The van der Waals surface area contributed by atoms with Gasteiger partial charge in [0.2, 0.25) is 0 Å². The summed E-state index contributed by atoms with van der Waals surface area (Å²) in [6.45, 7) is 0.809. The summed E-state index contributed by atoms with van der Waals surface area (Å²) in [6.07, 6.45) is -2.77. The van der Waals surface area contributed by atoms with Crippen molar-refractivity contribution >= 4 is 23.7 Å². The molecule has 26 heavy (non-hydrogen) atoms. The Bertz CT molecular complexity index is 962. The standard InChI is InChI=1S/C19H14F3N3S/c20-19(21,22)14-7-4-8-15(11-14)23-12-16-17(13-5-2-1-3-6-13)24-18-25(16)9-10-26-18/h1-8,11-12H,9-10H2. The van der Waals surface area contributed by atoms with E-state index in [4.69, 9.17) is 0 Å². The molecule has 0 fully saturated rings. The van der Waals surface area contributed by atoms with Crippen molar-refractivity contribution in [1.82, 2.24) is 9.55 Å². The van der Waals surface area contributed by atoms with Gasteiger partial charge in [0, 0.05) is 17.9 Å². The van der Waals surface area contributed by atoms with Crippen molar-refractivity contribution in [3.63, 3.8) is 0 Å². The number of nitrogens with zero attached hydrogens (tertiary/aromatic N) is 3. The third-order valence-corrected chi connectivity index (χ3v) is 5.03. The van der Waals surface area contributed by atoms with E-state index in [-0.39, 0.29) is 5.69 Å². The largest absolute Gasteiger partial charge is 0.416 e. The van der Waals surface area contributed by atoms with E-state index in [0.717, 1.165) is 46.5 Å². The lowest BCUT2D eigenvalue weighted by Crippen LogP contribution is -2.04. The minimum atomic E-state index is -4.38. The van der Waals surface area contributed by atoms with Gasteiger partial charge in [-0.1, -0.05) is 48.2 Å². The molecule has 132 valence electrons. The molecule has 0 aliphatic carbocycles. The zero-order valence-electron chi connectivity index (χ0n) is 13.6. The van der Waals surface area contributed by atoms with Gasteiger partial charge >= 0.3 is 6.18 Å². The molecule has 0 spiro atoms. The Balaban J connectivity index is 1.74. The average Bonchev–Trinajstić information content (AvgIpc) is 3.22. The topological polar surface area (TPSA) is 30.2 Å². The molecule has 0 radical (unpaired) electrons. The molecular weight excluding hydrogens is 359 g/mol. The Kier molecular flexibility index (Phi) is 4.32. The lowest BCUT2D eigenvalue weighted by Gasteiger charge is -2.07. The number of aliphatic imine (C=N–C) groups is 1. The number of benzene rings is 2. The minimum Gasteiger partial charge on any atom is -0.317 e. The number of imidazole rings is 1. The molecule has 0 bridgehead atoms. The molecule has 4 rings (SSSR count). The van der Waals surface area contributed by atoms with E-state index in [0.29, 0.717) is 0 Å². The maximum absolute atomic E-state index is 12.9. The van der Waals surface area contributed by atoms with Crippen molar-refractivity contribution in [1.29, 1.82) is 0 Å². The quantitative estimate of drug-likeness (QED) is 0.574. The van der Waals surface area contributed by atoms with Crippen LogP contribution in [0.1, 0.15) is 11.3 Å². The smallest absolute Gasteiger partial charge is 0.317 e. The van der Waals surface area contributed by atoms with Gasteiger partial charge < -0.3 is 4.57 Å². The second-order valence-electron chi connectivity index (χ2n) is 5.80. The molecule has 0 saturated heterocycles. The highest BCUT2D eigenvalue weighted by molar-refractivity contribution is 7.99. The van der Waals surface area contributed by atoms with Crippen LogP contribution in [-0.4, -0.2) is 21.5 Å². The molecule has 7 heteroatoms. The van der Waals surface area contributed by atoms with Gasteiger partial charge in [0.25, 0.3) is 0 Å². The molecule has 1 aromatic heterocycles. The Morgan fingerprint density at radius 1 is 1.08 bits per heavy atom. The Labute approximate surface area is 152 Å². The fourth-order valence-corrected chi connectivity index (χ4v) is 3.79. The highest BCUT2D eigenvalue weighted by Gasteiger charge is 2.30. The molecule has 2 heterocycles. The van der Waals surface area contributed by atoms with Crippen LogP contribution < -0.4 is 0 Å². The van der Waals surface area contributed by atoms with Crippen LogP contribution in [0.4, 0.5) is 18.9 Å². The van der Waals surface area contributed by atoms with E-state index >= 15 is 0 Å². The predicted octanol–water partition coefficient (Wildman–Crippen LogP) is 5.43. The molecular formula is C19H14F3N3S. The number of alkyl halides is 3. The third kappa shape index (κ3) is 3.26. The van der Waals surface area contributed by atoms with Crippen LogP contribution in [0, 0.1) is 0 Å². The lowest BCUT2D eigenvalue weighted by atomic mass is 10.1. The minimum absolute atomic E-state index is 0.264. The van der Waals surface area contributed by atoms with Crippen LogP contribution >= 0.6 is 11.8 Å². The molecule has 3 nitrogen and oxygen atoms in total. The van der Waals surface area contributed by atoms with Crippen LogP contribution in [-0.2, 0) is 12.7 Å². The summed E-state index contributed by atoms with van der Waals surface area (Å²) in [5.41, 5.74) is 2.13. The summed E-state index contributed by atoms with van der Waals surface area (Å²) < 4.78 is 40.7. The second-order valence-corrected chi connectivity index (χ2v) is 6.86. The maximum atomic E-state index is 12.9. The average molecular weight is 373 g/mol. The highest BCUT2D eigenvalue weighted by atomic mass is 32.2. The molecule has 3 aromatic rings. The van der Waals surface area contributed by atoms with E-state index in [9.17, 15) is 13.2 Å². The molecule has 2 aromatic carbocycles.